The molecule has 1 aliphatic rings. The van der Waals surface area contributed by atoms with Crippen molar-refractivity contribution in [3.05, 3.63) is 114 Å². The van der Waals surface area contributed by atoms with Gasteiger partial charge >= 0.3 is 0 Å². The predicted molar refractivity (Wildman–Crippen MR) is 142 cm³/mol. The Morgan fingerprint density at radius 2 is 1.79 bits per heavy atom. The first kappa shape index (κ1) is 25.4. The zero-order valence-corrected chi connectivity index (χ0v) is 21.2. The molecular formula is C31H29FN2O4. The molecule has 0 spiro atoms. The summed E-state index contributed by atoms with van der Waals surface area (Å²) in [6.45, 7) is 1.97. The van der Waals surface area contributed by atoms with Gasteiger partial charge in [0.1, 0.15) is 11.9 Å². The van der Waals surface area contributed by atoms with Crippen LogP contribution in [0.4, 0.5) is 4.39 Å². The van der Waals surface area contributed by atoms with E-state index in [0.29, 0.717) is 48.9 Å². The van der Waals surface area contributed by atoms with Gasteiger partial charge in [-0.05, 0) is 64.7 Å². The smallest absolute Gasteiger partial charge is 0.254 e. The fraction of sp³-hybridized carbons (Fsp3) is 0.226. The Balaban J connectivity index is 1.42. The Morgan fingerprint density at radius 3 is 2.53 bits per heavy atom. The van der Waals surface area contributed by atoms with Gasteiger partial charge in [-0.2, -0.15) is 0 Å². The maximum Gasteiger partial charge on any atom is 0.254 e. The Hall–Kier alpha value is -4.23. The van der Waals surface area contributed by atoms with Crippen LogP contribution in [-0.2, 0) is 17.8 Å². The van der Waals surface area contributed by atoms with Crippen molar-refractivity contribution in [2.45, 2.75) is 25.6 Å². The zero-order chi connectivity index (χ0) is 26.3. The Morgan fingerprint density at radius 1 is 0.974 bits per heavy atom. The maximum absolute atomic E-state index is 13.8. The lowest BCUT2D eigenvalue weighted by Gasteiger charge is -2.24. The number of carbonyl (C=O) groups excluding carboxylic acids is 1. The average molecular weight is 513 g/mol. The lowest BCUT2D eigenvalue weighted by molar-refractivity contribution is 0.0729. The fourth-order valence-corrected chi connectivity index (χ4v) is 4.51. The third-order valence-electron chi connectivity index (χ3n) is 6.43. The molecule has 1 unspecified atom stereocenters. The van der Waals surface area contributed by atoms with Crippen molar-refractivity contribution in [1.82, 2.24) is 9.88 Å². The van der Waals surface area contributed by atoms with Gasteiger partial charge in [-0.15, -0.1) is 0 Å². The van der Waals surface area contributed by atoms with Gasteiger partial charge in [0.2, 0.25) is 0 Å². The molecule has 7 heteroatoms. The van der Waals surface area contributed by atoms with E-state index in [-0.39, 0.29) is 17.8 Å². The Bertz CT molecular complexity index is 1390. The van der Waals surface area contributed by atoms with E-state index in [9.17, 15) is 9.18 Å². The molecule has 1 aliphatic heterocycles. The van der Waals surface area contributed by atoms with Crippen molar-refractivity contribution in [2.75, 3.05) is 20.3 Å². The second-order valence-electron chi connectivity index (χ2n) is 9.20. The van der Waals surface area contributed by atoms with Crippen LogP contribution in [0.2, 0.25) is 0 Å². The van der Waals surface area contributed by atoms with Gasteiger partial charge in [0.25, 0.3) is 5.91 Å². The lowest BCUT2D eigenvalue weighted by atomic mass is 10.0. The fourth-order valence-electron chi connectivity index (χ4n) is 4.51. The minimum atomic E-state index is -0.320. The van der Waals surface area contributed by atoms with Crippen LogP contribution in [0.25, 0.3) is 11.1 Å². The SMILES string of the molecule is COc1cc(CN(Cc2cccnc2)C(=O)c2cccc(-c3cccc(F)c3)c2)ccc1OC1CCOC1. The van der Waals surface area contributed by atoms with Crippen molar-refractivity contribution >= 4 is 5.91 Å². The number of hydrogen-bond acceptors (Lipinski definition) is 5. The van der Waals surface area contributed by atoms with Crippen molar-refractivity contribution in [2.24, 2.45) is 0 Å². The zero-order valence-electron chi connectivity index (χ0n) is 21.2. The van der Waals surface area contributed by atoms with E-state index in [1.54, 1.807) is 42.6 Å². The van der Waals surface area contributed by atoms with Crippen molar-refractivity contribution in [3.63, 3.8) is 0 Å². The number of carbonyl (C=O) groups is 1. The maximum atomic E-state index is 13.8. The van der Waals surface area contributed by atoms with Crippen LogP contribution in [0, 0.1) is 5.82 Å². The van der Waals surface area contributed by atoms with E-state index >= 15 is 0 Å². The molecule has 0 radical (unpaired) electrons. The van der Waals surface area contributed by atoms with Gasteiger partial charge in [0.15, 0.2) is 11.5 Å². The third kappa shape index (κ3) is 6.18. The number of amides is 1. The molecule has 6 nitrogen and oxygen atoms in total. The molecule has 1 fully saturated rings. The molecule has 1 amide bonds. The van der Waals surface area contributed by atoms with Crippen LogP contribution in [-0.4, -0.2) is 42.2 Å². The quantitative estimate of drug-likeness (QED) is 0.279. The minimum absolute atomic E-state index is 0.00349. The molecular weight excluding hydrogens is 483 g/mol. The number of nitrogens with zero attached hydrogens (tertiary/aromatic N) is 2. The topological polar surface area (TPSA) is 60.9 Å². The van der Waals surface area contributed by atoms with Crippen LogP contribution in [0.5, 0.6) is 11.5 Å². The first-order valence-electron chi connectivity index (χ1n) is 12.5. The summed E-state index contributed by atoms with van der Waals surface area (Å²) < 4.78 is 30.9. The van der Waals surface area contributed by atoms with E-state index in [4.69, 9.17) is 14.2 Å². The molecule has 0 saturated carbocycles. The summed E-state index contributed by atoms with van der Waals surface area (Å²) in [6.07, 6.45) is 4.30. The summed E-state index contributed by atoms with van der Waals surface area (Å²) in [5.41, 5.74) is 3.82. The van der Waals surface area contributed by atoms with Crippen molar-refractivity contribution in [1.29, 1.82) is 0 Å². The average Bonchev–Trinajstić information content (AvgIpc) is 3.47. The Kier molecular flexibility index (Phi) is 7.95. The Labute approximate surface area is 221 Å². The molecule has 2 heterocycles. The number of rotatable bonds is 9. The highest BCUT2D eigenvalue weighted by Gasteiger charge is 2.21. The summed E-state index contributed by atoms with van der Waals surface area (Å²) in [6, 6.07) is 23.1. The largest absolute Gasteiger partial charge is 0.493 e. The van der Waals surface area contributed by atoms with Gasteiger partial charge in [0, 0.05) is 37.5 Å². The number of benzene rings is 3. The molecule has 0 N–H and O–H groups in total. The van der Waals surface area contributed by atoms with Gasteiger partial charge in [-0.1, -0.05) is 36.4 Å². The predicted octanol–water partition coefficient (Wildman–Crippen LogP) is 5.91. The number of halogens is 1. The van der Waals surface area contributed by atoms with Crippen LogP contribution < -0.4 is 9.47 Å². The first-order valence-corrected chi connectivity index (χ1v) is 12.5. The monoisotopic (exact) mass is 512 g/mol. The standard InChI is InChI=1S/C31H29FN2O4/c1-36-30-15-22(10-11-29(30)38-28-12-14-37-21-28)19-34(20-23-5-4-13-33-18-23)31(35)26-8-2-6-24(16-26)25-7-3-9-27(32)17-25/h2-11,13,15-18,28H,12,14,19-21H2,1H3. The number of methoxy groups -OCH3 is 1. The lowest BCUT2D eigenvalue weighted by Crippen LogP contribution is -2.30. The molecule has 1 saturated heterocycles. The number of ether oxygens (including phenoxy) is 3. The number of pyridine rings is 1. The van der Waals surface area contributed by atoms with Crippen LogP contribution in [0.15, 0.2) is 91.3 Å². The second-order valence-corrected chi connectivity index (χ2v) is 9.20. The summed E-state index contributed by atoms with van der Waals surface area (Å²) in [4.78, 5) is 19.8. The molecule has 38 heavy (non-hydrogen) atoms. The van der Waals surface area contributed by atoms with E-state index in [1.165, 1.54) is 12.1 Å². The van der Waals surface area contributed by atoms with Gasteiger partial charge in [-0.25, -0.2) is 4.39 Å². The van der Waals surface area contributed by atoms with Crippen LogP contribution in [0.1, 0.15) is 27.9 Å². The van der Waals surface area contributed by atoms with E-state index in [1.807, 2.05) is 48.5 Å². The molecule has 3 aromatic carbocycles. The van der Waals surface area contributed by atoms with E-state index < -0.39 is 0 Å². The minimum Gasteiger partial charge on any atom is -0.493 e. The second kappa shape index (κ2) is 11.9. The molecule has 194 valence electrons. The molecule has 0 aliphatic carbocycles. The third-order valence-corrected chi connectivity index (χ3v) is 6.43. The van der Waals surface area contributed by atoms with Crippen molar-refractivity contribution in [3.8, 4) is 22.6 Å². The highest BCUT2D eigenvalue weighted by atomic mass is 19.1. The van der Waals surface area contributed by atoms with Gasteiger partial charge in [-0.3, -0.25) is 9.78 Å². The highest BCUT2D eigenvalue weighted by molar-refractivity contribution is 5.95. The van der Waals surface area contributed by atoms with Gasteiger partial charge in [0.05, 0.1) is 20.3 Å². The van der Waals surface area contributed by atoms with Gasteiger partial charge < -0.3 is 19.1 Å². The molecule has 0 bridgehead atoms. The summed E-state index contributed by atoms with van der Waals surface area (Å²) in [5, 5.41) is 0. The van der Waals surface area contributed by atoms with E-state index in [2.05, 4.69) is 4.98 Å². The summed E-state index contributed by atoms with van der Waals surface area (Å²) in [5.74, 6) is 0.796. The van der Waals surface area contributed by atoms with Crippen molar-refractivity contribution < 1.29 is 23.4 Å². The molecule has 1 atom stereocenters. The summed E-state index contributed by atoms with van der Waals surface area (Å²) in [7, 11) is 1.60. The summed E-state index contributed by atoms with van der Waals surface area (Å²) >= 11 is 0. The van der Waals surface area contributed by atoms with Crippen LogP contribution >= 0.6 is 0 Å². The van der Waals surface area contributed by atoms with Crippen LogP contribution in [0.3, 0.4) is 0 Å². The number of aromatic nitrogens is 1. The molecule has 5 rings (SSSR count). The normalized spacial score (nSPS) is 14.7. The highest BCUT2D eigenvalue weighted by Crippen LogP contribution is 2.31. The van der Waals surface area contributed by atoms with E-state index in [0.717, 1.165) is 23.1 Å². The first-order chi connectivity index (χ1) is 18.6. The molecule has 1 aromatic heterocycles. The number of hydrogen-bond donors (Lipinski definition) is 0. The molecule has 4 aromatic rings.